The fourth-order valence-corrected chi connectivity index (χ4v) is 4.06. The maximum atomic E-state index is 12.1. The number of benzene rings is 1. The van der Waals surface area contributed by atoms with Crippen LogP contribution < -0.4 is 15.0 Å². The van der Waals surface area contributed by atoms with Crippen molar-refractivity contribution in [1.82, 2.24) is 4.57 Å². The molecule has 2 heterocycles. The molecule has 0 aromatic heterocycles. The van der Waals surface area contributed by atoms with E-state index in [1.807, 2.05) is 17.5 Å². The lowest BCUT2D eigenvalue weighted by Crippen LogP contribution is -2.13. The minimum absolute atomic E-state index is 0.0440. The van der Waals surface area contributed by atoms with Crippen LogP contribution in [-0.4, -0.2) is 18.8 Å². The van der Waals surface area contributed by atoms with Gasteiger partial charge in [0.1, 0.15) is 11.5 Å². The normalized spacial score (nSPS) is 10.8. The van der Waals surface area contributed by atoms with E-state index in [-0.39, 0.29) is 5.56 Å². The van der Waals surface area contributed by atoms with Crippen molar-refractivity contribution in [1.29, 1.82) is 0 Å². The molecule has 0 bridgehead atoms. The van der Waals surface area contributed by atoms with Crippen molar-refractivity contribution < 1.29 is 9.47 Å². The summed E-state index contributed by atoms with van der Waals surface area (Å²) >= 11 is 0. The van der Waals surface area contributed by atoms with Crippen LogP contribution in [0.25, 0.3) is 16.3 Å². The number of rotatable bonds is 3. The largest absolute Gasteiger partial charge is 0.497 e. The van der Waals surface area contributed by atoms with Crippen LogP contribution in [0.1, 0.15) is 0 Å². The monoisotopic (exact) mass is 293 g/mol. The molecular formula is C13H11NO3S2. The summed E-state index contributed by atoms with van der Waals surface area (Å²) in [5.41, 5.74) is 1.61. The predicted octanol–water partition coefficient (Wildman–Crippen LogP) is 3.08. The summed E-state index contributed by atoms with van der Waals surface area (Å²) in [5.74, 6) is 1.31. The van der Waals surface area contributed by atoms with Crippen molar-refractivity contribution >= 4 is 20.7 Å². The molecule has 19 heavy (non-hydrogen) atoms. The number of nitrogens with zero attached hydrogens (tertiary/aromatic N) is 1. The average Bonchev–Trinajstić information content (AvgIpc) is 2.98. The van der Waals surface area contributed by atoms with Crippen molar-refractivity contribution in [2.45, 2.75) is 0 Å². The van der Waals surface area contributed by atoms with Gasteiger partial charge >= 0.3 is 0 Å². The van der Waals surface area contributed by atoms with Crippen LogP contribution in [-0.2, 0) is 0 Å². The Morgan fingerprint density at radius 1 is 1.16 bits per heavy atom. The fraction of sp³-hybridized carbons (Fsp3) is 0.154. The molecule has 6 heteroatoms. The second-order valence-corrected chi connectivity index (χ2v) is 6.01. The van der Waals surface area contributed by atoms with E-state index in [1.54, 1.807) is 51.6 Å². The van der Waals surface area contributed by atoms with Gasteiger partial charge < -0.3 is 9.47 Å². The van der Waals surface area contributed by atoms with Crippen LogP contribution in [0, 0.1) is 0 Å². The van der Waals surface area contributed by atoms with Gasteiger partial charge in [-0.15, -0.1) is 0 Å². The SMILES string of the molecule is COc1ccc(-n2c3cssc-3cc2=O)c(OC)c1. The summed E-state index contributed by atoms with van der Waals surface area (Å²) in [5, 5.41) is 1.98. The first-order valence-electron chi connectivity index (χ1n) is 5.56. The Bertz CT molecular complexity index is 741. The maximum absolute atomic E-state index is 12.1. The first-order chi connectivity index (χ1) is 9.24. The van der Waals surface area contributed by atoms with Gasteiger partial charge in [0, 0.05) is 17.5 Å². The highest BCUT2D eigenvalue weighted by atomic mass is 32.9. The highest BCUT2D eigenvalue weighted by Crippen LogP contribution is 2.36. The Kier molecular flexibility index (Phi) is 3.04. The third-order valence-corrected chi connectivity index (χ3v) is 4.93. The van der Waals surface area contributed by atoms with Crippen LogP contribution in [0.5, 0.6) is 11.5 Å². The third-order valence-electron chi connectivity index (χ3n) is 2.89. The molecule has 3 rings (SSSR count). The van der Waals surface area contributed by atoms with Crippen molar-refractivity contribution in [3.05, 3.63) is 40.0 Å². The van der Waals surface area contributed by atoms with Crippen LogP contribution in [0.15, 0.2) is 34.4 Å². The highest BCUT2D eigenvalue weighted by molar-refractivity contribution is 7.70. The van der Waals surface area contributed by atoms with Crippen molar-refractivity contribution in [3.8, 4) is 27.8 Å². The van der Waals surface area contributed by atoms with E-state index in [1.165, 1.54) is 0 Å². The molecule has 0 N–H and O–H groups in total. The number of fused-ring (bicyclic) bond motifs is 1. The average molecular weight is 293 g/mol. The molecule has 2 aliphatic heterocycles. The summed E-state index contributed by atoms with van der Waals surface area (Å²) in [6, 6.07) is 7.08. The van der Waals surface area contributed by atoms with Crippen molar-refractivity contribution in [2.24, 2.45) is 0 Å². The van der Waals surface area contributed by atoms with Gasteiger partial charge in [-0.05, 0) is 12.1 Å². The van der Waals surface area contributed by atoms with Crippen LogP contribution in [0.2, 0.25) is 0 Å². The third kappa shape index (κ3) is 1.93. The molecule has 0 unspecified atom stereocenters. The smallest absolute Gasteiger partial charge is 0.257 e. The molecule has 0 atom stereocenters. The number of hydrogen-bond donors (Lipinski definition) is 0. The van der Waals surface area contributed by atoms with E-state index in [0.29, 0.717) is 11.5 Å². The van der Waals surface area contributed by atoms with E-state index < -0.39 is 0 Å². The Labute approximate surface area is 117 Å². The lowest BCUT2D eigenvalue weighted by atomic mass is 10.2. The van der Waals surface area contributed by atoms with Gasteiger partial charge in [-0.1, -0.05) is 20.7 Å². The van der Waals surface area contributed by atoms with Gasteiger partial charge in [-0.25, -0.2) is 0 Å². The lowest BCUT2D eigenvalue weighted by Gasteiger charge is -2.11. The molecule has 0 saturated heterocycles. The van der Waals surface area contributed by atoms with Gasteiger partial charge in [-0.2, -0.15) is 0 Å². The van der Waals surface area contributed by atoms with Crippen LogP contribution in [0.4, 0.5) is 0 Å². The topological polar surface area (TPSA) is 40.5 Å². The molecule has 0 amide bonds. The Hall–Kier alpha value is -1.79. The molecular weight excluding hydrogens is 282 g/mol. The quantitative estimate of drug-likeness (QED) is 0.697. The zero-order chi connectivity index (χ0) is 13.4. The number of methoxy groups -OCH3 is 2. The first kappa shape index (κ1) is 12.3. The molecule has 1 aromatic rings. The predicted molar refractivity (Wildman–Crippen MR) is 77.5 cm³/mol. The van der Waals surface area contributed by atoms with E-state index >= 15 is 0 Å². The summed E-state index contributed by atoms with van der Waals surface area (Å²) in [6.07, 6.45) is 0. The molecule has 0 saturated carbocycles. The zero-order valence-electron chi connectivity index (χ0n) is 10.4. The van der Waals surface area contributed by atoms with Crippen molar-refractivity contribution in [2.75, 3.05) is 14.2 Å². The Morgan fingerprint density at radius 2 is 2.00 bits per heavy atom. The fourth-order valence-electron chi connectivity index (χ4n) is 2.00. The highest BCUT2D eigenvalue weighted by Gasteiger charge is 2.18. The lowest BCUT2D eigenvalue weighted by molar-refractivity contribution is 0.393. The number of hydrogen-bond acceptors (Lipinski definition) is 5. The first-order valence-corrected chi connectivity index (χ1v) is 7.77. The van der Waals surface area contributed by atoms with E-state index in [2.05, 4.69) is 0 Å². The molecule has 1 aromatic carbocycles. The van der Waals surface area contributed by atoms with Gasteiger partial charge in [0.2, 0.25) is 0 Å². The number of ether oxygens (including phenoxy) is 2. The molecule has 98 valence electrons. The van der Waals surface area contributed by atoms with E-state index in [4.69, 9.17) is 9.47 Å². The van der Waals surface area contributed by atoms with E-state index in [0.717, 1.165) is 16.3 Å². The second-order valence-electron chi connectivity index (χ2n) is 3.90. The summed E-state index contributed by atoms with van der Waals surface area (Å²) < 4.78 is 12.2. The van der Waals surface area contributed by atoms with Crippen LogP contribution in [0.3, 0.4) is 0 Å². The molecule has 0 fully saturated rings. The zero-order valence-corrected chi connectivity index (χ0v) is 12.0. The van der Waals surface area contributed by atoms with Gasteiger partial charge in [0.15, 0.2) is 0 Å². The van der Waals surface area contributed by atoms with E-state index in [9.17, 15) is 4.79 Å². The van der Waals surface area contributed by atoms with Gasteiger partial charge in [0.25, 0.3) is 5.56 Å². The molecule has 0 aliphatic carbocycles. The Morgan fingerprint density at radius 3 is 2.74 bits per heavy atom. The molecule has 0 radical (unpaired) electrons. The Balaban J connectivity index is 2.24. The van der Waals surface area contributed by atoms with Gasteiger partial charge in [-0.3, -0.25) is 9.36 Å². The minimum Gasteiger partial charge on any atom is -0.497 e. The van der Waals surface area contributed by atoms with Crippen LogP contribution >= 0.6 is 20.7 Å². The molecule has 0 spiro atoms. The van der Waals surface area contributed by atoms with Crippen molar-refractivity contribution in [3.63, 3.8) is 0 Å². The maximum Gasteiger partial charge on any atom is 0.257 e. The molecule has 2 aliphatic rings. The standard InChI is InChI=1S/C13H11NO3S2/c1-16-8-3-4-9(11(5-8)17-2)14-10-7-18-19-12(10)6-13(14)15/h3-7H,1-2H3. The summed E-state index contributed by atoms with van der Waals surface area (Å²) in [6.45, 7) is 0. The number of aromatic nitrogens is 1. The minimum atomic E-state index is -0.0440. The van der Waals surface area contributed by atoms with Gasteiger partial charge in [0.05, 0.1) is 30.5 Å². The molecule has 4 nitrogen and oxygen atoms in total. The summed E-state index contributed by atoms with van der Waals surface area (Å²) in [7, 11) is 6.39. The second kappa shape index (κ2) is 4.71. The summed E-state index contributed by atoms with van der Waals surface area (Å²) in [4.78, 5) is 13.1.